The van der Waals surface area contributed by atoms with Crippen molar-refractivity contribution in [2.24, 2.45) is 5.73 Å². The number of nitrogens with two attached hydrogens (primary N) is 2. The number of primary amides is 1. The summed E-state index contributed by atoms with van der Waals surface area (Å²) >= 11 is 0. The van der Waals surface area contributed by atoms with Gasteiger partial charge < -0.3 is 16.4 Å². The average molecular weight is 405 g/mol. The third kappa shape index (κ3) is 3.06. The van der Waals surface area contributed by atoms with Crippen LogP contribution < -0.4 is 17.2 Å². The van der Waals surface area contributed by atoms with Crippen LogP contribution in [0.4, 0.5) is 5.82 Å². The van der Waals surface area contributed by atoms with Crippen LogP contribution in [0.3, 0.4) is 0 Å². The summed E-state index contributed by atoms with van der Waals surface area (Å²) < 4.78 is 2.95. The van der Waals surface area contributed by atoms with E-state index in [-0.39, 0.29) is 23.5 Å². The molecule has 0 bridgehead atoms. The molecule has 1 fully saturated rings. The molecular weight excluding hydrogens is 386 g/mol. The monoisotopic (exact) mass is 405 g/mol. The lowest BCUT2D eigenvalue weighted by Crippen LogP contribution is -2.31. The number of nitrogen functional groups attached to an aromatic ring is 1. The summed E-state index contributed by atoms with van der Waals surface area (Å²) in [4.78, 5) is 46.8. The number of hydrogen-bond acceptors (Lipinski definition) is 6. The third-order valence-corrected chi connectivity index (χ3v) is 5.14. The van der Waals surface area contributed by atoms with Gasteiger partial charge in [-0.2, -0.15) is 0 Å². The molecule has 3 aromatic rings. The van der Waals surface area contributed by atoms with E-state index in [1.807, 2.05) is 0 Å². The zero-order valence-electron chi connectivity index (χ0n) is 16.2. The number of aromatic nitrogens is 4. The van der Waals surface area contributed by atoms with Crippen LogP contribution >= 0.6 is 0 Å². The largest absolute Gasteiger partial charge is 0.382 e. The van der Waals surface area contributed by atoms with Crippen molar-refractivity contribution >= 4 is 28.8 Å². The minimum Gasteiger partial charge on any atom is -0.382 e. The van der Waals surface area contributed by atoms with Gasteiger partial charge in [0, 0.05) is 18.7 Å². The molecule has 1 aromatic carbocycles. The predicted octanol–water partition coefficient (Wildman–Crippen LogP) is 0.0600. The molecule has 3 heterocycles. The van der Waals surface area contributed by atoms with Crippen molar-refractivity contribution in [3.05, 3.63) is 46.6 Å². The van der Waals surface area contributed by atoms with Crippen LogP contribution in [-0.4, -0.2) is 48.9 Å². The van der Waals surface area contributed by atoms with E-state index in [1.165, 1.54) is 23.0 Å². The van der Waals surface area contributed by atoms with E-state index in [0.29, 0.717) is 41.9 Å². The molecule has 4 rings (SSSR count). The number of amides is 2. The van der Waals surface area contributed by atoms with Crippen molar-refractivity contribution in [1.29, 1.82) is 0 Å². The molecule has 1 unspecified atom stereocenters. The van der Waals surface area contributed by atoms with Gasteiger partial charge in [0.05, 0.1) is 11.7 Å². The standard InChI is InChI=1S/C20H19N7O3/c1-2-3-15(28)25-9-8-14(10-25)27-19-16(17(21)23-11-24-19)26(20(27)30)13-6-4-12(5-7-13)18(22)29/h4-7,11,14H,8-10H2,1H3,(H2,22,29)(H2,21,23,24). The molecule has 0 spiro atoms. The van der Waals surface area contributed by atoms with Crippen LogP contribution in [0.5, 0.6) is 0 Å². The Hall–Kier alpha value is -4.13. The first kappa shape index (κ1) is 19.2. The number of benzene rings is 1. The normalized spacial score (nSPS) is 15.8. The number of fused-ring (bicyclic) bond motifs is 1. The summed E-state index contributed by atoms with van der Waals surface area (Å²) in [6.45, 7) is 2.44. The Morgan fingerprint density at radius 3 is 2.60 bits per heavy atom. The fourth-order valence-electron chi connectivity index (χ4n) is 3.73. The van der Waals surface area contributed by atoms with E-state index in [1.54, 1.807) is 28.5 Å². The first-order chi connectivity index (χ1) is 14.4. The predicted molar refractivity (Wildman–Crippen MR) is 110 cm³/mol. The maximum Gasteiger partial charge on any atom is 0.335 e. The Morgan fingerprint density at radius 1 is 1.20 bits per heavy atom. The van der Waals surface area contributed by atoms with Crippen LogP contribution in [0.15, 0.2) is 35.4 Å². The lowest BCUT2D eigenvalue weighted by molar-refractivity contribution is -0.124. The Balaban J connectivity index is 1.85. The smallest absolute Gasteiger partial charge is 0.335 e. The van der Waals surface area contributed by atoms with Crippen molar-refractivity contribution in [3.63, 3.8) is 0 Å². The second kappa shape index (κ2) is 7.36. The summed E-state index contributed by atoms with van der Waals surface area (Å²) in [5.74, 6) is 4.44. The van der Waals surface area contributed by atoms with Crippen molar-refractivity contribution in [2.75, 3.05) is 18.8 Å². The molecular formula is C20H19N7O3. The molecule has 4 N–H and O–H groups in total. The topological polar surface area (TPSA) is 142 Å². The lowest BCUT2D eigenvalue weighted by Gasteiger charge is -2.14. The highest BCUT2D eigenvalue weighted by Gasteiger charge is 2.31. The highest BCUT2D eigenvalue weighted by atomic mass is 16.2. The van der Waals surface area contributed by atoms with Crippen molar-refractivity contribution < 1.29 is 9.59 Å². The van der Waals surface area contributed by atoms with E-state index in [0.717, 1.165) is 0 Å². The van der Waals surface area contributed by atoms with Gasteiger partial charge in [0.1, 0.15) is 11.8 Å². The minimum atomic E-state index is -0.565. The molecule has 0 aliphatic carbocycles. The van der Waals surface area contributed by atoms with E-state index in [2.05, 4.69) is 21.8 Å². The van der Waals surface area contributed by atoms with Gasteiger partial charge in [0.2, 0.25) is 5.91 Å². The Morgan fingerprint density at radius 2 is 1.93 bits per heavy atom. The van der Waals surface area contributed by atoms with E-state index >= 15 is 0 Å². The molecule has 0 radical (unpaired) electrons. The van der Waals surface area contributed by atoms with E-state index in [4.69, 9.17) is 11.5 Å². The van der Waals surface area contributed by atoms with Crippen LogP contribution in [0, 0.1) is 11.8 Å². The second-order valence-corrected chi connectivity index (χ2v) is 6.90. The zero-order chi connectivity index (χ0) is 21.4. The Labute approximate surface area is 171 Å². The third-order valence-electron chi connectivity index (χ3n) is 5.14. The summed E-state index contributed by atoms with van der Waals surface area (Å²) in [5.41, 5.74) is 12.6. The molecule has 152 valence electrons. The van der Waals surface area contributed by atoms with Gasteiger partial charge in [-0.25, -0.2) is 14.8 Å². The van der Waals surface area contributed by atoms with Gasteiger partial charge >= 0.3 is 5.69 Å². The molecule has 1 saturated heterocycles. The number of likely N-dealkylation sites (tertiary alicyclic amines) is 1. The molecule has 0 saturated carbocycles. The van der Waals surface area contributed by atoms with Gasteiger partial charge in [-0.3, -0.25) is 18.7 Å². The maximum absolute atomic E-state index is 13.4. The quantitative estimate of drug-likeness (QED) is 0.590. The summed E-state index contributed by atoms with van der Waals surface area (Å²) in [5, 5.41) is 0. The number of hydrogen-bond donors (Lipinski definition) is 2. The molecule has 2 amide bonds. The Bertz CT molecular complexity index is 1280. The number of imidazole rings is 1. The van der Waals surface area contributed by atoms with Crippen LogP contribution in [0.1, 0.15) is 29.7 Å². The number of anilines is 1. The van der Waals surface area contributed by atoms with Crippen LogP contribution in [0.2, 0.25) is 0 Å². The highest BCUT2D eigenvalue weighted by Crippen LogP contribution is 2.27. The SMILES string of the molecule is CC#CC(=O)N1CCC(n2c(=O)n(-c3ccc(C(N)=O)cc3)c3c(N)ncnc32)C1. The van der Waals surface area contributed by atoms with Crippen LogP contribution in [0.25, 0.3) is 16.9 Å². The van der Waals surface area contributed by atoms with E-state index < -0.39 is 5.91 Å². The maximum atomic E-state index is 13.4. The van der Waals surface area contributed by atoms with Gasteiger partial charge in [-0.15, -0.1) is 0 Å². The number of carbonyl (C=O) groups is 2. The van der Waals surface area contributed by atoms with Gasteiger partial charge in [-0.1, -0.05) is 5.92 Å². The summed E-state index contributed by atoms with van der Waals surface area (Å²) in [6.07, 6.45) is 1.88. The highest BCUT2D eigenvalue weighted by molar-refractivity contribution is 5.94. The second-order valence-electron chi connectivity index (χ2n) is 6.90. The molecule has 1 aliphatic rings. The van der Waals surface area contributed by atoms with Gasteiger partial charge in [0.15, 0.2) is 11.5 Å². The van der Waals surface area contributed by atoms with Crippen molar-refractivity contribution in [1.82, 2.24) is 24.0 Å². The molecule has 30 heavy (non-hydrogen) atoms. The van der Waals surface area contributed by atoms with Crippen molar-refractivity contribution in [3.8, 4) is 17.5 Å². The number of rotatable bonds is 3. The fraction of sp³-hybridized carbons (Fsp3) is 0.250. The first-order valence-electron chi connectivity index (χ1n) is 9.27. The Kier molecular flexibility index (Phi) is 4.71. The number of nitrogens with zero attached hydrogens (tertiary/aromatic N) is 5. The summed E-state index contributed by atoms with van der Waals surface area (Å²) in [7, 11) is 0. The minimum absolute atomic E-state index is 0.151. The molecule has 1 aliphatic heterocycles. The molecule has 1 atom stereocenters. The van der Waals surface area contributed by atoms with Crippen LogP contribution in [-0.2, 0) is 4.79 Å². The average Bonchev–Trinajstić information content (AvgIpc) is 3.31. The van der Waals surface area contributed by atoms with Crippen molar-refractivity contribution in [2.45, 2.75) is 19.4 Å². The lowest BCUT2D eigenvalue weighted by atomic mass is 10.2. The van der Waals surface area contributed by atoms with Gasteiger partial charge in [-0.05, 0) is 43.5 Å². The molecule has 10 heteroatoms. The molecule has 10 nitrogen and oxygen atoms in total. The number of carbonyl (C=O) groups excluding carboxylic acids is 2. The first-order valence-corrected chi connectivity index (χ1v) is 9.27. The zero-order valence-corrected chi connectivity index (χ0v) is 16.2. The summed E-state index contributed by atoms with van der Waals surface area (Å²) in [6, 6.07) is 6.01. The fourth-order valence-corrected chi connectivity index (χ4v) is 3.73. The molecule has 2 aromatic heterocycles. The van der Waals surface area contributed by atoms with E-state index in [9.17, 15) is 14.4 Å². The van der Waals surface area contributed by atoms with Gasteiger partial charge in [0.25, 0.3) is 5.91 Å².